The first-order valence-corrected chi connectivity index (χ1v) is 5.10. The zero-order valence-electron chi connectivity index (χ0n) is 7.42. The summed E-state index contributed by atoms with van der Waals surface area (Å²) in [5.74, 6) is 0.209. The van der Waals surface area contributed by atoms with Gasteiger partial charge in [-0.25, -0.2) is 0 Å². The van der Waals surface area contributed by atoms with Crippen molar-refractivity contribution in [2.75, 3.05) is 0 Å². The van der Waals surface area contributed by atoms with Gasteiger partial charge in [0.1, 0.15) is 11.4 Å². The Balaban J connectivity index is 2.23. The van der Waals surface area contributed by atoms with Crippen molar-refractivity contribution in [2.24, 2.45) is 4.99 Å². The van der Waals surface area contributed by atoms with Crippen LogP contribution in [0.1, 0.15) is 4.88 Å². The van der Waals surface area contributed by atoms with Crippen LogP contribution in [0.15, 0.2) is 46.8 Å². The van der Waals surface area contributed by atoms with Crippen LogP contribution in [0, 0.1) is 0 Å². The number of nitrogens with zero attached hydrogens (tertiary/aromatic N) is 1. The van der Waals surface area contributed by atoms with Gasteiger partial charge in [-0.2, -0.15) is 0 Å². The Morgan fingerprint density at radius 2 is 2.00 bits per heavy atom. The van der Waals surface area contributed by atoms with Crippen LogP contribution in [0.2, 0.25) is 0 Å². The average molecular weight is 203 g/mol. The van der Waals surface area contributed by atoms with Crippen molar-refractivity contribution in [1.29, 1.82) is 0 Å². The topological polar surface area (TPSA) is 32.6 Å². The summed E-state index contributed by atoms with van der Waals surface area (Å²) in [6.45, 7) is 0. The Morgan fingerprint density at radius 3 is 2.71 bits per heavy atom. The van der Waals surface area contributed by atoms with Gasteiger partial charge in [-0.15, -0.1) is 11.3 Å². The first-order valence-electron chi connectivity index (χ1n) is 4.22. The number of aromatic hydroxyl groups is 1. The predicted molar refractivity (Wildman–Crippen MR) is 59.7 cm³/mol. The van der Waals surface area contributed by atoms with E-state index in [9.17, 15) is 5.11 Å². The molecule has 0 fully saturated rings. The third-order valence-corrected chi connectivity index (χ3v) is 2.56. The predicted octanol–water partition coefficient (Wildman–Crippen LogP) is 3.20. The van der Waals surface area contributed by atoms with Gasteiger partial charge in [0, 0.05) is 11.1 Å². The molecule has 2 aromatic rings. The molecule has 1 aromatic carbocycles. The minimum absolute atomic E-state index is 0.209. The van der Waals surface area contributed by atoms with E-state index in [0.717, 1.165) is 4.88 Å². The van der Waals surface area contributed by atoms with E-state index in [1.54, 1.807) is 35.8 Å². The lowest BCUT2D eigenvalue weighted by Crippen LogP contribution is -1.72. The molecule has 2 nitrogen and oxygen atoms in total. The monoisotopic (exact) mass is 203 g/mol. The maximum Gasteiger partial charge on any atom is 0.141 e. The largest absolute Gasteiger partial charge is 0.506 e. The quantitative estimate of drug-likeness (QED) is 0.747. The van der Waals surface area contributed by atoms with Crippen LogP contribution >= 0.6 is 11.3 Å². The van der Waals surface area contributed by atoms with Crippen molar-refractivity contribution >= 4 is 23.2 Å². The summed E-state index contributed by atoms with van der Waals surface area (Å²) in [6, 6.07) is 11.0. The summed E-state index contributed by atoms with van der Waals surface area (Å²) in [5, 5.41) is 11.4. The maximum atomic E-state index is 9.43. The number of rotatable bonds is 2. The number of aliphatic imine (C=N–C) groups is 1. The average Bonchev–Trinajstić information content (AvgIpc) is 2.69. The van der Waals surface area contributed by atoms with E-state index in [-0.39, 0.29) is 5.75 Å². The molecule has 1 aromatic heterocycles. The molecule has 0 unspecified atom stereocenters. The first-order chi connectivity index (χ1) is 6.86. The summed E-state index contributed by atoms with van der Waals surface area (Å²) in [7, 11) is 0. The van der Waals surface area contributed by atoms with Gasteiger partial charge in [0.05, 0.1) is 0 Å². The number of hydrogen-bond acceptors (Lipinski definition) is 3. The molecule has 0 saturated carbocycles. The zero-order valence-corrected chi connectivity index (χ0v) is 8.24. The van der Waals surface area contributed by atoms with Gasteiger partial charge >= 0.3 is 0 Å². The highest BCUT2D eigenvalue weighted by Gasteiger charge is 1.94. The fourth-order valence-corrected chi connectivity index (χ4v) is 1.66. The van der Waals surface area contributed by atoms with E-state index in [1.807, 2.05) is 23.6 Å². The van der Waals surface area contributed by atoms with Gasteiger partial charge in [-0.3, -0.25) is 4.99 Å². The fraction of sp³-hybridized carbons (Fsp3) is 0. The first kappa shape index (κ1) is 8.97. The van der Waals surface area contributed by atoms with Crippen LogP contribution in [0.25, 0.3) is 0 Å². The molecule has 0 spiro atoms. The van der Waals surface area contributed by atoms with Gasteiger partial charge < -0.3 is 5.11 Å². The molecule has 14 heavy (non-hydrogen) atoms. The lowest BCUT2D eigenvalue weighted by atomic mass is 10.3. The molecule has 3 heteroatoms. The van der Waals surface area contributed by atoms with Crippen molar-refractivity contribution in [3.8, 4) is 5.75 Å². The van der Waals surface area contributed by atoms with E-state index >= 15 is 0 Å². The molecule has 0 amide bonds. The van der Waals surface area contributed by atoms with E-state index in [1.165, 1.54) is 0 Å². The highest BCUT2D eigenvalue weighted by atomic mass is 32.1. The van der Waals surface area contributed by atoms with Crippen LogP contribution in [-0.4, -0.2) is 11.3 Å². The Labute approximate surface area is 86.2 Å². The highest BCUT2D eigenvalue weighted by molar-refractivity contribution is 7.11. The normalized spacial score (nSPS) is 10.9. The summed E-state index contributed by atoms with van der Waals surface area (Å²) < 4.78 is 0. The third kappa shape index (κ3) is 2.00. The van der Waals surface area contributed by atoms with Crippen LogP contribution in [-0.2, 0) is 0 Å². The summed E-state index contributed by atoms with van der Waals surface area (Å²) in [5.41, 5.74) is 0.598. The Bertz CT molecular complexity index is 434. The van der Waals surface area contributed by atoms with Crippen molar-refractivity contribution in [2.45, 2.75) is 0 Å². The molecule has 0 aliphatic rings. The van der Waals surface area contributed by atoms with Crippen molar-refractivity contribution < 1.29 is 5.11 Å². The zero-order chi connectivity index (χ0) is 9.80. The lowest BCUT2D eigenvalue weighted by molar-refractivity contribution is 0.477. The molecule has 1 N–H and O–H groups in total. The van der Waals surface area contributed by atoms with Gasteiger partial charge in [0.25, 0.3) is 0 Å². The molecule has 70 valence electrons. The molecule has 0 atom stereocenters. The molecule has 0 radical (unpaired) electrons. The van der Waals surface area contributed by atoms with Crippen LogP contribution in [0.4, 0.5) is 5.69 Å². The second kappa shape index (κ2) is 4.07. The number of phenolic OH excluding ortho intramolecular Hbond substituents is 1. The maximum absolute atomic E-state index is 9.43. The van der Waals surface area contributed by atoms with Crippen molar-refractivity contribution in [3.05, 3.63) is 46.7 Å². The van der Waals surface area contributed by atoms with Gasteiger partial charge in [0.15, 0.2) is 0 Å². The second-order valence-electron chi connectivity index (χ2n) is 2.76. The van der Waals surface area contributed by atoms with Crippen molar-refractivity contribution in [1.82, 2.24) is 0 Å². The molecular formula is C11H9NOS. The Kier molecular flexibility index (Phi) is 2.60. The molecule has 0 aliphatic carbocycles. The molecule has 0 aliphatic heterocycles. The second-order valence-corrected chi connectivity index (χ2v) is 3.74. The van der Waals surface area contributed by atoms with Crippen molar-refractivity contribution in [3.63, 3.8) is 0 Å². The van der Waals surface area contributed by atoms with E-state index in [4.69, 9.17) is 0 Å². The van der Waals surface area contributed by atoms with Crippen LogP contribution in [0.3, 0.4) is 0 Å². The van der Waals surface area contributed by atoms with Gasteiger partial charge in [-0.1, -0.05) is 18.2 Å². The summed E-state index contributed by atoms with van der Waals surface area (Å²) in [4.78, 5) is 5.26. The summed E-state index contributed by atoms with van der Waals surface area (Å²) in [6.07, 6.45) is 1.75. The SMILES string of the molecule is Oc1ccccc1/N=C/c1cccs1. The number of para-hydroxylation sites is 2. The van der Waals surface area contributed by atoms with Crippen LogP contribution in [0.5, 0.6) is 5.75 Å². The Hall–Kier alpha value is -1.61. The molecular weight excluding hydrogens is 194 g/mol. The number of benzene rings is 1. The van der Waals surface area contributed by atoms with Gasteiger partial charge in [-0.05, 0) is 23.6 Å². The summed E-state index contributed by atoms with van der Waals surface area (Å²) >= 11 is 1.62. The smallest absolute Gasteiger partial charge is 0.141 e. The van der Waals surface area contributed by atoms with E-state index in [2.05, 4.69) is 4.99 Å². The molecule has 0 saturated heterocycles. The number of thiophene rings is 1. The van der Waals surface area contributed by atoms with E-state index < -0.39 is 0 Å². The number of hydrogen-bond donors (Lipinski definition) is 1. The lowest BCUT2D eigenvalue weighted by Gasteiger charge is -1.95. The molecule has 2 rings (SSSR count). The third-order valence-electron chi connectivity index (χ3n) is 1.76. The fourth-order valence-electron chi connectivity index (χ4n) is 1.07. The van der Waals surface area contributed by atoms with Gasteiger partial charge in [0.2, 0.25) is 0 Å². The minimum Gasteiger partial charge on any atom is -0.506 e. The molecule has 1 heterocycles. The molecule has 0 bridgehead atoms. The highest BCUT2D eigenvalue weighted by Crippen LogP contribution is 2.24. The Morgan fingerprint density at radius 1 is 1.14 bits per heavy atom. The number of phenols is 1. The van der Waals surface area contributed by atoms with E-state index in [0.29, 0.717) is 5.69 Å². The minimum atomic E-state index is 0.209. The standard InChI is InChI=1S/C11H9NOS/c13-11-6-2-1-5-10(11)12-8-9-4-3-7-14-9/h1-8,13H/b12-8+. The van der Waals surface area contributed by atoms with Crippen LogP contribution < -0.4 is 0 Å².